The summed E-state index contributed by atoms with van der Waals surface area (Å²) in [4.78, 5) is 20.8. The summed E-state index contributed by atoms with van der Waals surface area (Å²) in [5.74, 6) is 2.06. The first-order valence-electron chi connectivity index (χ1n) is 7.65. The Kier molecular flexibility index (Phi) is 3.72. The molecule has 22 heavy (non-hydrogen) atoms. The molecule has 0 radical (unpaired) electrons. The van der Waals surface area contributed by atoms with Crippen molar-refractivity contribution in [3.05, 3.63) is 38.4 Å². The van der Waals surface area contributed by atoms with Crippen LogP contribution in [0.5, 0.6) is 0 Å². The molecule has 7 nitrogen and oxygen atoms in total. The van der Waals surface area contributed by atoms with Crippen LogP contribution >= 0.6 is 0 Å². The molecule has 2 fully saturated rings. The molecule has 7 heteroatoms. The van der Waals surface area contributed by atoms with Crippen molar-refractivity contribution in [2.24, 2.45) is 17.8 Å². The lowest BCUT2D eigenvalue weighted by Gasteiger charge is -2.29. The highest BCUT2D eigenvalue weighted by atomic mass is 16.6. The van der Waals surface area contributed by atoms with Gasteiger partial charge in [-0.05, 0) is 50.0 Å². The summed E-state index contributed by atoms with van der Waals surface area (Å²) < 4.78 is 0. The van der Waals surface area contributed by atoms with Gasteiger partial charge in [0.2, 0.25) is 0 Å². The van der Waals surface area contributed by atoms with Gasteiger partial charge in [-0.2, -0.15) is 0 Å². The van der Waals surface area contributed by atoms with E-state index in [0.717, 1.165) is 12.0 Å². The average Bonchev–Trinajstić information content (AvgIpc) is 3.09. The van der Waals surface area contributed by atoms with Crippen LogP contribution in [-0.4, -0.2) is 15.9 Å². The van der Waals surface area contributed by atoms with Gasteiger partial charge in [-0.25, -0.2) is 0 Å². The fourth-order valence-electron chi connectivity index (χ4n) is 4.17. The largest absolute Gasteiger partial charge is 0.377 e. The molecule has 3 rings (SSSR count). The number of non-ortho nitro benzene ring substituents is 1. The molecule has 118 valence electrons. The molecule has 0 amide bonds. The summed E-state index contributed by atoms with van der Waals surface area (Å²) in [6.45, 7) is 2.05. The van der Waals surface area contributed by atoms with Crippen molar-refractivity contribution in [3.8, 4) is 0 Å². The number of hydrogen-bond acceptors (Lipinski definition) is 5. The van der Waals surface area contributed by atoms with Crippen LogP contribution in [-0.2, 0) is 0 Å². The Labute approximate surface area is 128 Å². The van der Waals surface area contributed by atoms with Gasteiger partial charge in [-0.1, -0.05) is 6.42 Å². The average molecular weight is 305 g/mol. The number of hydrogen-bond donors (Lipinski definition) is 1. The number of nitro benzene ring substituents is 2. The minimum atomic E-state index is -0.615. The van der Waals surface area contributed by atoms with E-state index in [4.69, 9.17) is 0 Å². The van der Waals surface area contributed by atoms with Gasteiger partial charge in [-0.15, -0.1) is 0 Å². The molecule has 2 bridgehead atoms. The molecule has 1 N–H and O–H groups in total. The van der Waals surface area contributed by atoms with Crippen molar-refractivity contribution in [1.82, 2.24) is 0 Å². The van der Waals surface area contributed by atoms with Crippen LogP contribution in [0.15, 0.2) is 18.2 Å². The molecule has 2 aliphatic rings. The standard InChI is InChI=1S/C15H19N3O4/c1-9(13-7-10-2-3-11(13)6-10)16-14-5-4-12(17(19)20)8-15(14)18(21)22/h4-5,8-11,13,16H,2-3,6-7H2,1H3/t9-,10+,11+,13-/m1/s1. The molecule has 1 aromatic carbocycles. The molecule has 4 atom stereocenters. The van der Waals surface area contributed by atoms with Crippen molar-refractivity contribution in [2.45, 2.75) is 38.6 Å². The summed E-state index contributed by atoms with van der Waals surface area (Å²) in [6, 6.07) is 3.91. The smallest absolute Gasteiger partial charge is 0.299 e. The fraction of sp³-hybridized carbons (Fsp3) is 0.600. The zero-order valence-electron chi connectivity index (χ0n) is 12.4. The lowest BCUT2D eigenvalue weighted by molar-refractivity contribution is -0.393. The molecule has 0 saturated heterocycles. The monoisotopic (exact) mass is 305 g/mol. The van der Waals surface area contributed by atoms with Gasteiger partial charge in [0, 0.05) is 12.1 Å². The third-order valence-corrected chi connectivity index (χ3v) is 5.21. The van der Waals surface area contributed by atoms with Crippen molar-refractivity contribution >= 4 is 17.1 Å². The molecule has 2 saturated carbocycles. The minimum absolute atomic E-state index is 0.135. The van der Waals surface area contributed by atoms with Crippen molar-refractivity contribution < 1.29 is 9.85 Å². The number of fused-ring (bicyclic) bond motifs is 2. The number of benzene rings is 1. The van der Waals surface area contributed by atoms with Gasteiger partial charge in [-0.3, -0.25) is 20.2 Å². The van der Waals surface area contributed by atoms with Crippen LogP contribution < -0.4 is 5.32 Å². The molecule has 2 aliphatic carbocycles. The molecule has 0 aliphatic heterocycles. The molecular weight excluding hydrogens is 286 g/mol. The second kappa shape index (κ2) is 5.55. The van der Waals surface area contributed by atoms with Crippen LogP contribution in [0.1, 0.15) is 32.6 Å². The van der Waals surface area contributed by atoms with Gasteiger partial charge < -0.3 is 5.32 Å². The topological polar surface area (TPSA) is 98.3 Å². The summed E-state index contributed by atoms with van der Waals surface area (Å²) in [6.07, 6.45) is 5.02. The highest BCUT2D eigenvalue weighted by Crippen LogP contribution is 2.50. The third-order valence-electron chi connectivity index (χ3n) is 5.21. The van der Waals surface area contributed by atoms with Gasteiger partial charge in [0.25, 0.3) is 11.4 Å². The quantitative estimate of drug-likeness (QED) is 0.660. The SMILES string of the molecule is C[C@@H](Nc1ccc([N+](=O)[O-])cc1[N+](=O)[O-])[C@H]1C[C@H]2CC[C@H]1C2. The second-order valence-corrected chi connectivity index (χ2v) is 6.49. The van der Waals surface area contributed by atoms with Gasteiger partial charge in [0.15, 0.2) is 0 Å². The summed E-state index contributed by atoms with van der Waals surface area (Å²) in [7, 11) is 0. The normalized spacial score (nSPS) is 27.6. The maximum atomic E-state index is 11.2. The van der Waals surface area contributed by atoms with Crippen LogP contribution in [0.25, 0.3) is 0 Å². The van der Waals surface area contributed by atoms with Gasteiger partial charge >= 0.3 is 0 Å². The lowest BCUT2D eigenvalue weighted by Crippen LogP contribution is -2.30. The Bertz CT molecular complexity index is 619. The van der Waals surface area contributed by atoms with E-state index in [1.165, 1.54) is 37.8 Å². The predicted octanol–water partition coefficient (Wildman–Crippen LogP) is 3.74. The fourth-order valence-corrected chi connectivity index (χ4v) is 4.17. The Morgan fingerprint density at radius 2 is 1.95 bits per heavy atom. The van der Waals surface area contributed by atoms with Gasteiger partial charge in [0.05, 0.1) is 15.9 Å². The Morgan fingerprint density at radius 1 is 1.18 bits per heavy atom. The van der Waals surface area contributed by atoms with Crippen LogP contribution in [0.3, 0.4) is 0 Å². The number of nitro groups is 2. The van der Waals surface area contributed by atoms with Crippen LogP contribution in [0.4, 0.5) is 17.1 Å². The first-order chi connectivity index (χ1) is 10.5. The molecule has 0 spiro atoms. The third kappa shape index (κ3) is 2.63. The van der Waals surface area contributed by atoms with E-state index in [9.17, 15) is 20.2 Å². The highest BCUT2D eigenvalue weighted by molar-refractivity contribution is 5.65. The minimum Gasteiger partial charge on any atom is -0.377 e. The van der Waals surface area contributed by atoms with E-state index in [2.05, 4.69) is 12.2 Å². The van der Waals surface area contributed by atoms with E-state index < -0.39 is 9.85 Å². The van der Waals surface area contributed by atoms with E-state index in [1.807, 2.05) is 0 Å². The summed E-state index contributed by atoms with van der Waals surface area (Å²) >= 11 is 0. The van der Waals surface area contributed by atoms with Crippen molar-refractivity contribution in [1.29, 1.82) is 0 Å². The van der Waals surface area contributed by atoms with E-state index in [1.54, 1.807) is 0 Å². The molecule has 1 aromatic rings. The molecular formula is C15H19N3O4. The zero-order valence-corrected chi connectivity index (χ0v) is 12.4. The van der Waals surface area contributed by atoms with Crippen molar-refractivity contribution in [3.63, 3.8) is 0 Å². The molecule has 0 aromatic heterocycles. The number of nitrogens with zero attached hydrogens (tertiary/aromatic N) is 2. The van der Waals surface area contributed by atoms with Crippen LogP contribution in [0, 0.1) is 38.0 Å². The van der Waals surface area contributed by atoms with E-state index in [0.29, 0.717) is 17.5 Å². The van der Waals surface area contributed by atoms with E-state index >= 15 is 0 Å². The Balaban J connectivity index is 1.79. The zero-order chi connectivity index (χ0) is 15.9. The number of nitrogens with one attached hydrogen (secondary N) is 1. The van der Waals surface area contributed by atoms with Crippen molar-refractivity contribution in [2.75, 3.05) is 5.32 Å². The maximum Gasteiger partial charge on any atom is 0.299 e. The Morgan fingerprint density at radius 3 is 2.50 bits per heavy atom. The van der Waals surface area contributed by atoms with E-state index in [-0.39, 0.29) is 17.4 Å². The predicted molar refractivity (Wildman–Crippen MR) is 81.8 cm³/mol. The number of rotatable bonds is 5. The second-order valence-electron chi connectivity index (χ2n) is 6.49. The highest BCUT2D eigenvalue weighted by Gasteiger charge is 2.42. The summed E-state index contributed by atoms with van der Waals surface area (Å²) in [5, 5.41) is 25.2. The molecule has 0 heterocycles. The van der Waals surface area contributed by atoms with Gasteiger partial charge in [0.1, 0.15) is 5.69 Å². The maximum absolute atomic E-state index is 11.2. The first kappa shape index (κ1) is 14.7. The lowest BCUT2D eigenvalue weighted by atomic mass is 9.84. The Hall–Kier alpha value is -2.18. The number of anilines is 1. The summed E-state index contributed by atoms with van der Waals surface area (Å²) in [5.41, 5.74) is -0.125. The first-order valence-corrected chi connectivity index (χ1v) is 7.65. The molecule has 0 unspecified atom stereocenters. The van der Waals surface area contributed by atoms with Crippen LogP contribution in [0.2, 0.25) is 0 Å².